The van der Waals surface area contributed by atoms with Crippen LogP contribution in [0.15, 0.2) is 36.5 Å². The number of hydrogen-bond acceptors (Lipinski definition) is 5. The van der Waals surface area contributed by atoms with Gasteiger partial charge in [-0.2, -0.15) is 0 Å². The van der Waals surface area contributed by atoms with Crippen molar-refractivity contribution in [3.63, 3.8) is 0 Å². The summed E-state index contributed by atoms with van der Waals surface area (Å²) in [5.74, 6) is 0.604. The SMILES string of the molecule is CCC(CC)NC(=O)c1ccnc2nc(-c3ccc(NCCNC)cc3)[nH]c12. The van der Waals surface area contributed by atoms with Gasteiger partial charge in [-0.1, -0.05) is 13.8 Å². The van der Waals surface area contributed by atoms with E-state index in [-0.39, 0.29) is 11.9 Å². The Labute approximate surface area is 165 Å². The van der Waals surface area contributed by atoms with E-state index in [4.69, 9.17) is 0 Å². The fourth-order valence-corrected chi connectivity index (χ4v) is 3.07. The van der Waals surface area contributed by atoms with Gasteiger partial charge in [-0.25, -0.2) is 9.97 Å². The smallest absolute Gasteiger partial charge is 0.253 e. The maximum absolute atomic E-state index is 12.7. The van der Waals surface area contributed by atoms with E-state index in [2.05, 4.69) is 44.7 Å². The normalized spacial score (nSPS) is 11.1. The lowest BCUT2D eigenvalue weighted by atomic mass is 10.1. The highest BCUT2D eigenvalue weighted by atomic mass is 16.1. The number of nitrogens with one attached hydrogen (secondary N) is 4. The number of rotatable bonds is 9. The number of likely N-dealkylation sites (N-methyl/N-ethyl adjacent to an activating group) is 1. The number of aromatic nitrogens is 3. The number of aromatic amines is 1. The Hall–Kier alpha value is -2.93. The Morgan fingerprint density at radius 2 is 1.86 bits per heavy atom. The highest BCUT2D eigenvalue weighted by Crippen LogP contribution is 2.23. The molecule has 3 rings (SSSR count). The Bertz CT molecular complexity index is 914. The lowest BCUT2D eigenvalue weighted by molar-refractivity contribution is 0.0936. The van der Waals surface area contributed by atoms with Crippen LogP contribution in [0.5, 0.6) is 0 Å². The monoisotopic (exact) mass is 380 g/mol. The summed E-state index contributed by atoms with van der Waals surface area (Å²) >= 11 is 0. The first-order chi connectivity index (χ1) is 13.7. The van der Waals surface area contributed by atoms with Crippen molar-refractivity contribution in [2.24, 2.45) is 0 Å². The second-order valence-corrected chi connectivity index (χ2v) is 6.74. The number of nitrogens with zero attached hydrogens (tertiary/aromatic N) is 2. The summed E-state index contributed by atoms with van der Waals surface area (Å²) in [6.45, 7) is 5.91. The number of amides is 1. The van der Waals surface area contributed by atoms with Crippen molar-refractivity contribution in [3.8, 4) is 11.4 Å². The van der Waals surface area contributed by atoms with Crippen LogP contribution in [0, 0.1) is 0 Å². The van der Waals surface area contributed by atoms with Gasteiger partial charge in [0.1, 0.15) is 5.82 Å². The van der Waals surface area contributed by atoms with Gasteiger partial charge in [0.15, 0.2) is 5.65 Å². The quantitative estimate of drug-likeness (QED) is 0.428. The summed E-state index contributed by atoms with van der Waals surface area (Å²) in [5, 5.41) is 9.53. The Morgan fingerprint density at radius 3 is 2.54 bits per heavy atom. The highest BCUT2D eigenvalue weighted by Gasteiger charge is 2.17. The van der Waals surface area contributed by atoms with Gasteiger partial charge in [0.2, 0.25) is 0 Å². The summed E-state index contributed by atoms with van der Waals surface area (Å²) in [7, 11) is 1.93. The number of pyridine rings is 1. The molecule has 7 heteroatoms. The van der Waals surface area contributed by atoms with Crippen LogP contribution in [-0.4, -0.2) is 47.0 Å². The number of benzene rings is 1. The van der Waals surface area contributed by atoms with Gasteiger partial charge in [0, 0.05) is 36.6 Å². The second-order valence-electron chi connectivity index (χ2n) is 6.74. The molecular formula is C21H28N6O. The van der Waals surface area contributed by atoms with Gasteiger partial charge in [-0.15, -0.1) is 0 Å². The van der Waals surface area contributed by atoms with Gasteiger partial charge in [0.25, 0.3) is 5.91 Å². The third-order valence-electron chi connectivity index (χ3n) is 4.82. The summed E-state index contributed by atoms with van der Waals surface area (Å²) in [6.07, 6.45) is 3.43. The van der Waals surface area contributed by atoms with Crippen molar-refractivity contribution in [2.75, 3.05) is 25.5 Å². The zero-order valence-electron chi connectivity index (χ0n) is 16.7. The van der Waals surface area contributed by atoms with Crippen LogP contribution in [0.4, 0.5) is 5.69 Å². The summed E-state index contributed by atoms with van der Waals surface area (Å²) in [5.41, 5.74) is 3.78. The van der Waals surface area contributed by atoms with Crippen molar-refractivity contribution in [1.29, 1.82) is 0 Å². The Morgan fingerprint density at radius 1 is 1.11 bits per heavy atom. The second kappa shape index (κ2) is 9.32. The van der Waals surface area contributed by atoms with Crippen LogP contribution in [-0.2, 0) is 0 Å². The van der Waals surface area contributed by atoms with Gasteiger partial charge >= 0.3 is 0 Å². The van der Waals surface area contributed by atoms with Crippen LogP contribution in [0.3, 0.4) is 0 Å². The number of fused-ring (bicyclic) bond motifs is 1. The zero-order chi connectivity index (χ0) is 19.9. The van der Waals surface area contributed by atoms with E-state index in [1.807, 2.05) is 31.3 Å². The van der Waals surface area contributed by atoms with E-state index in [1.54, 1.807) is 12.3 Å². The minimum absolute atomic E-state index is 0.0969. The van der Waals surface area contributed by atoms with Crippen LogP contribution >= 0.6 is 0 Å². The fourth-order valence-electron chi connectivity index (χ4n) is 3.07. The number of carbonyl (C=O) groups is 1. The van der Waals surface area contributed by atoms with Crippen LogP contribution in [0.1, 0.15) is 37.0 Å². The highest BCUT2D eigenvalue weighted by molar-refractivity contribution is 6.04. The molecule has 0 radical (unpaired) electrons. The fraction of sp³-hybridized carbons (Fsp3) is 0.381. The van der Waals surface area contributed by atoms with Crippen molar-refractivity contribution >= 4 is 22.8 Å². The molecule has 0 saturated carbocycles. The predicted octanol–water partition coefficient (Wildman–Crippen LogP) is 3.17. The average molecular weight is 380 g/mol. The molecule has 3 aromatic rings. The van der Waals surface area contributed by atoms with Crippen molar-refractivity contribution in [1.82, 2.24) is 25.6 Å². The summed E-state index contributed by atoms with van der Waals surface area (Å²) in [6, 6.07) is 9.95. The molecule has 2 aromatic heterocycles. The summed E-state index contributed by atoms with van der Waals surface area (Å²) in [4.78, 5) is 24.9. The Kier molecular flexibility index (Phi) is 6.60. The maximum atomic E-state index is 12.7. The first kappa shape index (κ1) is 19.8. The molecule has 0 atom stereocenters. The van der Waals surface area contributed by atoms with Gasteiger partial charge < -0.3 is 20.9 Å². The molecule has 0 aliphatic carbocycles. The van der Waals surface area contributed by atoms with Crippen LogP contribution in [0.2, 0.25) is 0 Å². The molecule has 28 heavy (non-hydrogen) atoms. The molecular weight excluding hydrogens is 352 g/mol. The minimum atomic E-state index is -0.0969. The Balaban J connectivity index is 1.83. The molecule has 1 aromatic carbocycles. The molecule has 4 N–H and O–H groups in total. The topological polar surface area (TPSA) is 94.7 Å². The first-order valence-electron chi connectivity index (χ1n) is 9.80. The average Bonchev–Trinajstić information content (AvgIpc) is 3.17. The van der Waals surface area contributed by atoms with Crippen LogP contribution < -0.4 is 16.0 Å². The molecule has 0 aliphatic heterocycles. The van der Waals surface area contributed by atoms with E-state index in [9.17, 15) is 4.79 Å². The van der Waals surface area contributed by atoms with Crippen LogP contribution in [0.25, 0.3) is 22.6 Å². The molecule has 0 aliphatic rings. The first-order valence-corrected chi connectivity index (χ1v) is 9.80. The van der Waals surface area contributed by atoms with E-state index in [0.29, 0.717) is 22.6 Å². The predicted molar refractivity (Wildman–Crippen MR) is 114 cm³/mol. The molecule has 7 nitrogen and oxygen atoms in total. The maximum Gasteiger partial charge on any atom is 0.253 e. The van der Waals surface area contributed by atoms with Crippen molar-refractivity contribution in [3.05, 3.63) is 42.1 Å². The number of H-pyrrole nitrogens is 1. The van der Waals surface area contributed by atoms with E-state index in [0.717, 1.165) is 37.2 Å². The van der Waals surface area contributed by atoms with Crippen molar-refractivity contribution in [2.45, 2.75) is 32.7 Å². The molecule has 0 spiro atoms. The lowest BCUT2D eigenvalue weighted by Gasteiger charge is -2.14. The number of anilines is 1. The lowest BCUT2D eigenvalue weighted by Crippen LogP contribution is -2.33. The largest absolute Gasteiger partial charge is 0.384 e. The van der Waals surface area contributed by atoms with E-state index < -0.39 is 0 Å². The standard InChI is InChI=1S/C21H28N6O/c1-4-15(5-2)25-21(28)17-10-11-24-20-18(17)26-19(27-20)14-6-8-16(9-7-14)23-13-12-22-3/h6-11,15,22-23H,4-5,12-13H2,1-3H3,(H,25,28)(H,24,26,27). The third kappa shape index (κ3) is 4.48. The van der Waals surface area contributed by atoms with E-state index in [1.165, 1.54) is 0 Å². The number of imidazole rings is 1. The molecule has 0 fully saturated rings. The zero-order valence-corrected chi connectivity index (χ0v) is 16.7. The molecule has 0 saturated heterocycles. The van der Waals surface area contributed by atoms with Gasteiger partial charge in [-0.05, 0) is 50.2 Å². The molecule has 0 unspecified atom stereocenters. The van der Waals surface area contributed by atoms with Gasteiger partial charge in [-0.3, -0.25) is 4.79 Å². The molecule has 1 amide bonds. The molecule has 0 bridgehead atoms. The third-order valence-corrected chi connectivity index (χ3v) is 4.82. The number of carbonyl (C=O) groups excluding carboxylic acids is 1. The van der Waals surface area contributed by atoms with E-state index >= 15 is 0 Å². The van der Waals surface area contributed by atoms with Gasteiger partial charge in [0.05, 0.1) is 11.1 Å². The molecule has 2 heterocycles. The number of hydrogen-bond donors (Lipinski definition) is 4. The molecule has 148 valence electrons. The summed E-state index contributed by atoms with van der Waals surface area (Å²) < 4.78 is 0. The minimum Gasteiger partial charge on any atom is -0.384 e. The van der Waals surface area contributed by atoms with Crippen molar-refractivity contribution < 1.29 is 4.79 Å².